The minimum absolute atomic E-state index is 0.240. The van der Waals surface area contributed by atoms with Crippen molar-refractivity contribution in [2.45, 2.75) is 5.38 Å². The van der Waals surface area contributed by atoms with Gasteiger partial charge in [0.05, 0.1) is 12.8 Å². The highest BCUT2D eigenvalue weighted by Crippen LogP contribution is 2.29. The second-order valence-electron chi connectivity index (χ2n) is 3.39. The molecule has 0 saturated heterocycles. The van der Waals surface area contributed by atoms with Crippen molar-refractivity contribution in [3.63, 3.8) is 0 Å². The minimum atomic E-state index is -0.240. The average Bonchev–Trinajstić information content (AvgIpc) is 2.39. The standard InChI is InChI=1S/C13H12ClNO/c1-16-11-6-4-5-10(9-11)13(14)12-7-2-3-8-15-12/h2-9,13H,1H3. The molecule has 1 heterocycles. The topological polar surface area (TPSA) is 22.1 Å². The molecule has 82 valence electrons. The maximum Gasteiger partial charge on any atom is 0.119 e. The van der Waals surface area contributed by atoms with E-state index in [0.717, 1.165) is 17.0 Å². The molecule has 0 aliphatic heterocycles. The van der Waals surface area contributed by atoms with Gasteiger partial charge in [-0.15, -0.1) is 11.6 Å². The number of alkyl halides is 1. The molecule has 0 bridgehead atoms. The number of benzene rings is 1. The van der Waals surface area contributed by atoms with E-state index in [1.807, 2.05) is 42.5 Å². The van der Waals surface area contributed by atoms with Crippen LogP contribution in [-0.4, -0.2) is 12.1 Å². The molecule has 0 radical (unpaired) electrons. The minimum Gasteiger partial charge on any atom is -0.497 e. The molecule has 16 heavy (non-hydrogen) atoms. The van der Waals surface area contributed by atoms with E-state index in [-0.39, 0.29) is 5.38 Å². The number of pyridine rings is 1. The van der Waals surface area contributed by atoms with Gasteiger partial charge in [0.1, 0.15) is 11.1 Å². The number of methoxy groups -OCH3 is 1. The van der Waals surface area contributed by atoms with E-state index in [4.69, 9.17) is 16.3 Å². The molecule has 2 rings (SSSR count). The number of nitrogens with zero attached hydrogens (tertiary/aromatic N) is 1. The zero-order valence-electron chi connectivity index (χ0n) is 8.93. The Labute approximate surface area is 99.9 Å². The van der Waals surface area contributed by atoms with E-state index in [0.29, 0.717) is 0 Å². The third-order valence-electron chi connectivity index (χ3n) is 2.33. The first-order valence-electron chi connectivity index (χ1n) is 5.00. The molecule has 1 aromatic heterocycles. The highest BCUT2D eigenvalue weighted by molar-refractivity contribution is 6.22. The van der Waals surface area contributed by atoms with E-state index in [1.54, 1.807) is 13.3 Å². The average molecular weight is 234 g/mol. The zero-order chi connectivity index (χ0) is 11.4. The van der Waals surface area contributed by atoms with Crippen LogP contribution in [-0.2, 0) is 0 Å². The van der Waals surface area contributed by atoms with Crippen LogP contribution in [0.15, 0.2) is 48.7 Å². The summed E-state index contributed by atoms with van der Waals surface area (Å²) in [5, 5.41) is -0.240. The molecule has 0 N–H and O–H groups in total. The van der Waals surface area contributed by atoms with Crippen LogP contribution in [0.2, 0.25) is 0 Å². The first-order valence-corrected chi connectivity index (χ1v) is 5.44. The normalized spacial score (nSPS) is 12.1. The summed E-state index contributed by atoms with van der Waals surface area (Å²) < 4.78 is 5.16. The van der Waals surface area contributed by atoms with Crippen LogP contribution in [0, 0.1) is 0 Å². The molecule has 0 spiro atoms. The Morgan fingerprint density at radius 2 is 2.06 bits per heavy atom. The third-order valence-corrected chi connectivity index (χ3v) is 2.81. The quantitative estimate of drug-likeness (QED) is 0.758. The maximum absolute atomic E-state index is 6.34. The Morgan fingerprint density at radius 1 is 1.19 bits per heavy atom. The highest BCUT2D eigenvalue weighted by atomic mass is 35.5. The van der Waals surface area contributed by atoms with Gasteiger partial charge < -0.3 is 4.74 Å². The molecular weight excluding hydrogens is 222 g/mol. The fourth-order valence-electron chi connectivity index (χ4n) is 1.50. The number of hydrogen-bond donors (Lipinski definition) is 0. The lowest BCUT2D eigenvalue weighted by molar-refractivity contribution is 0.414. The fourth-order valence-corrected chi connectivity index (χ4v) is 1.76. The van der Waals surface area contributed by atoms with Gasteiger partial charge in [0.2, 0.25) is 0 Å². The lowest BCUT2D eigenvalue weighted by atomic mass is 10.1. The third kappa shape index (κ3) is 2.34. The SMILES string of the molecule is COc1cccc(C(Cl)c2ccccn2)c1. The Morgan fingerprint density at radius 3 is 2.75 bits per heavy atom. The van der Waals surface area contributed by atoms with Crippen molar-refractivity contribution in [1.29, 1.82) is 0 Å². The Kier molecular flexibility index (Phi) is 3.42. The molecule has 1 aromatic carbocycles. The monoisotopic (exact) mass is 233 g/mol. The molecule has 0 saturated carbocycles. The summed E-state index contributed by atoms with van der Waals surface area (Å²) in [6.45, 7) is 0. The van der Waals surface area contributed by atoms with E-state index in [1.165, 1.54) is 0 Å². The van der Waals surface area contributed by atoms with Crippen molar-refractivity contribution < 1.29 is 4.74 Å². The molecule has 2 nitrogen and oxygen atoms in total. The van der Waals surface area contributed by atoms with Crippen LogP contribution in [0.5, 0.6) is 5.75 Å². The maximum atomic E-state index is 6.34. The molecule has 1 unspecified atom stereocenters. The van der Waals surface area contributed by atoms with Gasteiger partial charge >= 0.3 is 0 Å². The number of aromatic nitrogens is 1. The van der Waals surface area contributed by atoms with Gasteiger partial charge in [0.15, 0.2) is 0 Å². The highest BCUT2D eigenvalue weighted by Gasteiger charge is 2.11. The van der Waals surface area contributed by atoms with E-state index >= 15 is 0 Å². The molecule has 0 fully saturated rings. The fraction of sp³-hybridized carbons (Fsp3) is 0.154. The zero-order valence-corrected chi connectivity index (χ0v) is 9.69. The summed E-state index contributed by atoms with van der Waals surface area (Å²) in [5.74, 6) is 0.805. The van der Waals surface area contributed by atoms with Crippen molar-refractivity contribution in [3.05, 3.63) is 59.9 Å². The molecular formula is C13H12ClNO. The second kappa shape index (κ2) is 4.99. The van der Waals surface area contributed by atoms with Crippen molar-refractivity contribution in [1.82, 2.24) is 4.98 Å². The molecule has 0 amide bonds. The van der Waals surface area contributed by atoms with Gasteiger partial charge in [0.25, 0.3) is 0 Å². The summed E-state index contributed by atoms with van der Waals surface area (Å²) in [4.78, 5) is 4.24. The van der Waals surface area contributed by atoms with Gasteiger partial charge in [-0.1, -0.05) is 18.2 Å². The van der Waals surface area contributed by atoms with Gasteiger partial charge in [-0.05, 0) is 29.8 Å². The van der Waals surface area contributed by atoms with Crippen LogP contribution >= 0.6 is 11.6 Å². The Hall–Kier alpha value is -1.54. The number of halogens is 1. The van der Waals surface area contributed by atoms with Crippen molar-refractivity contribution >= 4 is 11.6 Å². The Bertz CT molecular complexity index is 458. The van der Waals surface area contributed by atoms with Crippen LogP contribution in [0.3, 0.4) is 0 Å². The molecule has 0 aliphatic carbocycles. The summed E-state index contributed by atoms with van der Waals surface area (Å²) in [6, 6.07) is 13.4. The van der Waals surface area contributed by atoms with Crippen LogP contribution in [0.25, 0.3) is 0 Å². The summed E-state index contributed by atoms with van der Waals surface area (Å²) >= 11 is 6.34. The summed E-state index contributed by atoms with van der Waals surface area (Å²) in [5.41, 5.74) is 1.83. The molecule has 3 heteroatoms. The van der Waals surface area contributed by atoms with Gasteiger partial charge in [-0.3, -0.25) is 4.98 Å². The van der Waals surface area contributed by atoms with Gasteiger partial charge in [-0.2, -0.15) is 0 Å². The van der Waals surface area contributed by atoms with Crippen molar-refractivity contribution in [2.75, 3.05) is 7.11 Å². The van der Waals surface area contributed by atoms with Crippen molar-refractivity contribution in [2.24, 2.45) is 0 Å². The summed E-state index contributed by atoms with van der Waals surface area (Å²) in [6.07, 6.45) is 1.74. The predicted molar refractivity (Wildman–Crippen MR) is 64.9 cm³/mol. The van der Waals surface area contributed by atoms with Crippen LogP contribution in [0.1, 0.15) is 16.6 Å². The smallest absolute Gasteiger partial charge is 0.119 e. The molecule has 0 aliphatic rings. The largest absolute Gasteiger partial charge is 0.497 e. The lowest BCUT2D eigenvalue weighted by Gasteiger charge is -2.10. The van der Waals surface area contributed by atoms with E-state index in [9.17, 15) is 0 Å². The number of hydrogen-bond acceptors (Lipinski definition) is 2. The Balaban J connectivity index is 2.30. The summed E-state index contributed by atoms with van der Waals surface area (Å²) in [7, 11) is 1.64. The van der Waals surface area contributed by atoms with Crippen LogP contribution in [0.4, 0.5) is 0 Å². The first kappa shape index (κ1) is 11.0. The lowest BCUT2D eigenvalue weighted by Crippen LogP contribution is -1.96. The van der Waals surface area contributed by atoms with Gasteiger partial charge in [-0.25, -0.2) is 0 Å². The molecule has 1 atom stereocenters. The number of rotatable bonds is 3. The van der Waals surface area contributed by atoms with Crippen LogP contribution < -0.4 is 4.74 Å². The number of ether oxygens (including phenoxy) is 1. The van der Waals surface area contributed by atoms with E-state index in [2.05, 4.69) is 4.98 Å². The van der Waals surface area contributed by atoms with Gasteiger partial charge in [0, 0.05) is 6.20 Å². The van der Waals surface area contributed by atoms with Crippen molar-refractivity contribution in [3.8, 4) is 5.75 Å². The second-order valence-corrected chi connectivity index (χ2v) is 3.83. The predicted octanol–water partition coefficient (Wildman–Crippen LogP) is 3.42. The molecule has 2 aromatic rings. The van der Waals surface area contributed by atoms with E-state index < -0.39 is 0 Å². The first-order chi connectivity index (χ1) is 7.81.